The van der Waals surface area contributed by atoms with Crippen LogP contribution in [0.4, 0.5) is 11.4 Å². The summed E-state index contributed by atoms with van der Waals surface area (Å²) in [5, 5.41) is 12.1. The number of carbonyl (C=O) groups is 2. The zero-order chi connectivity index (χ0) is 30.5. The van der Waals surface area contributed by atoms with Crippen LogP contribution in [0.1, 0.15) is 27.7 Å². The smallest absolute Gasteiger partial charge is 0.282 e. The molecule has 2 amide bonds. The number of carbonyl (C=O) groups excluding carboxylic acids is 2. The number of amides is 2. The molecule has 222 valence electrons. The molecule has 0 bridgehead atoms. The number of thioether (sulfide) groups is 4. The van der Waals surface area contributed by atoms with Crippen molar-refractivity contribution in [1.29, 1.82) is 0 Å². The Balaban J connectivity index is 1.29. The van der Waals surface area contributed by atoms with Gasteiger partial charge in [0.15, 0.2) is 0 Å². The average Bonchev–Trinajstić information content (AvgIpc) is 3.79. The van der Waals surface area contributed by atoms with Gasteiger partial charge in [0, 0.05) is 0 Å². The summed E-state index contributed by atoms with van der Waals surface area (Å²) in [6.07, 6.45) is 0. The molecule has 4 heterocycles. The first kappa shape index (κ1) is 29.1. The predicted molar refractivity (Wildman–Crippen MR) is 180 cm³/mol. The van der Waals surface area contributed by atoms with Crippen molar-refractivity contribution in [2.45, 2.75) is 47.3 Å². The minimum absolute atomic E-state index is 0.159. The van der Waals surface area contributed by atoms with Gasteiger partial charge >= 0.3 is 0 Å². The van der Waals surface area contributed by atoms with Crippen molar-refractivity contribution in [3.63, 3.8) is 0 Å². The van der Waals surface area contributed by atoms with Crippen LogP contribution in [-0.4, -0.2) is 36.5 Å². The van der Waals surface area contributed by atoms with Gasteiger partial charge in [-0.2, -0.15) is 20.2 Å². The largest absolute Gasteiger partial charge is 0.491 e. The van der Waals surface area contributed by atoms with E-state index in [1.54, 1.807) is 0 Å². The molecule has 0 radical (unpaired) electrons. The van der Waals surface area contributed by atoms with E-state index in [1.165, 1.54) is 57.1 Å². The first-order valence-corrected chi connectivity index (χ1v) is 17.3. The van der Waals surface area contributed by atoms with Crippen LogP contribution in [0.3, 0.4) is 0 Å². The van der Waals surface area contributed by atoms with Gasteiger partial charge in [0.05, 0.1) is 75.2 Å². The van der Waals surface area contributed by atoms with Crippen LogP contribution < -0.4 is 19.5 Å². The molecule has 8 nitrogen and oxygen atoms in total. The maximum absolute atomic E-state index is 13.7. The summed E-state index contributed by atoms with van der Waals surface area (Å²) in [6.45, 7) is 8.57. The number of anilines is 2. The summed E-state index contributed by atoms with van der Waals surface area (Å²) in [6, 6.07) is 18.9. The van der Waals surface area contributed by atoms with Crippen molar-refractivity contribution >= 4 is 81.7 Å². The number of nitrogens with zero attached hydrogens (tertiary/aromatic N) is 4. The van der Waals surface area contributed by atoms with Crippen LogP contribution in [0.5, 0.6) is 11.5 Å². The van der Waals surface area contributed by atoms with E-state index in [1.807, 2.05) is 88.4 Å². The van der Waals surface area contributed by atoms with E-state index in [4.69, 9.17) is 9.47 Å². The van der Waals surface area contributed by atoms with Gasteiger partial charge in [-0.05, 0) is 52.0 Å². The molecule has 0 spiro atoms. The molecule has 0 aliphatic carbocycles. The highest BCUT2D eigenvalue weighted by Gasteiger charge is 2.42. The second-order valence-corrected chi connectivity index (χ2v) is 14.4. The summed E-state index contributed by atoms with van der Waals surface area (Å²) in [5.41, 5.74) is 3.94. The first-order chi connectivity index (χ1) is 21.4. The molecule has 0 fully saturated rings. The molecule has 0 N–H and O–H groups in total. The van der Waals surface area contributed by atoms with Gasteiger partial charge in [-0.15, -0.1) is 0 Å². The number of rotatable bonds is 6. The Bertz CT molecular complexity index is 1680. The predicted octanol–water partition coefficient (Wildman–Crippen LogP) is 8.15. The fraction of sp³-hybridized carbons (Fsp3) is 0.188. The fourth-order valence-corrected chi connectivity index (χ4v) is 10.9. The number of ether oxygens (including phenoxy) is 2. The van der Waals surface area contributed by atoms with Gasteiger partial charge in [0.1, 0.15) is 11.5 Å². The standard InChI is InChI=1S/C32H26N4O4S4/c1-5-39-23-25-27(43-31(41-25)21-17(3)33-35(29(21)37)19-13-9-7-10-14-19)24(40-6-2)28-26(23)42-32(44-28)22-18(4)34-36(30(22)38)20-15-11-8-12-16-20/h7-16H,5-6H2,1-4H3. The van der Waals surface area contributed by atoms with Crippen LogP contribution in [0, 0.1) is 0 Å². The number of hydrogen-bond donors (Lipinski definition) is 0. The summed E-state index contributed by atoms with van der Waals surface area (Å²) < 4.78 is 14.3. The summed E-state index contributed by atoms with van der Waals surface area (Å²) >= 11 is 6.06. The Morgan fingerprint density at radius 1 is 0.591 bits per heavy atom. The van der Waals surface area contributed by atoms with Gasteiger partial charge in [-0.25, -0.2) is 0 Å². The van der Waals surface area contributed by atoms with Crippen molar-refractivity contribution in [2.24, 2.45) is 10.2 Å². The highest BCUT2D eigenvalue weighted by Crippen LogP contribution is 2.68. The minimum atomic E-state index is -0.159. The normalized spacial score (nSPS) is 17.5. The third-order valence-electron chi connectivity index (χ3n) is 7.04. The van der Waals surface area contributed by atoms with Gasteiger partial charge in [0.2, 0.25) is 0 Å². The summed E-state index contributed by atoms with van der Waals surface area (Å²) in [5.74, 6) is 1.16. The molecule has 0 unspecified atom stereocenters. The second-order valence-electron chi connectivity index (χ2n) is 9.85. The number of benzene rings is 3. The number of fused-ring (bicyclic) bond motifs is 2. The van der Waals surface area contributed by atoms with E-state index in [0.29, 0.717) is 35.8 Å². The van der Waals surface area contributed by atoms with E-state index >= 15 is 0 Å². The highest BCUT2D eigenvalue weighted by atomic mass is 32.2. The van der Waals surface area contributed by atoms with Gasteiger partial charge in [-0.3, -0.25) is 9.59 Å². The van der Waals surface area contributed by atoms with Gasteiger partial charge < -0.3 is 9.47 Å². The third kappa shape index (κ3) is 4.75. The quantitative estimate of drug-likeness (QED) is 0.246. The maximum atomic E-state index is 13.7. The Morgan fingerprint density at radius 2 is 0.932 bits per heavy atom. The topological polar surface area (TPSA) is 83.8 Å². The molecule has 44 heavy (non-hydrogen) atoms. The molecule has 3 aromatic carbocycles. The lowest BCUT2D eigenvalue weighted by Gasteiger charge is -2.16. The molecule has 4 aliphatic rings. The molecule has 12 heteroatoms. The molecule has 0 aromatic heterocycles. The molecule has 0 saturated carbocycles. The molecule has 4 aliphatic heterocycles. The van der Waals surface area contributed by atoms with Crippen LogP contribution >= 0.6 is 47.0 Å². The average molecular weight is 659 g/mol. The zero-order valence-electron chi connectivity index (χ0n) is 24.2. The Kier molecular flexibility index (Phi) is 7.77. The molecular weight excluding hydrogens is 633 g/mol. The Morgan fingerprint density at radius 3 is 1.25 bits per heavy atom. The van der Waals surface area contributed by atoms with Crippen molar-refractivity contribution in [3.05, 3.63) is 80.3 Å². The van der Waals surface area contributed by atoms with Crippen molar-refractivity contribution in [1.82, 2.24) is 0 Å². The van der Waals surface area contributed by atoms with E-state index in [0.717, 1.165) is 50.9 Å². The fourth-order valence-electron chi connectivity index (χ4n) is 5.13. The van der Waals surface area contributed by atoms with Crippen molar-refractivity contribution in [2.75, 3.05) is 23.2 Å². The summed E-state index contributed by atoms with van der Waals surface area (Å²) in [4.78, 5) is 31.0. The number of para-hydroxylation sites is 2. The maximum Gasteiger partial charge on any atom is 0.282 e. The van der Waals surface area contributed by atoms with E-state index in [-0.39, 0.29) is 11.8 Å². The summed E-state index contributed by atoms with van der Waals surface area (Å²) in [7, 11) is 0. The molecule has 3 aromatic rings. The number of hydrogen-bond acceptors (Lipinski definition) is 10. The molecular formula is C32H26N4O4S4. The van der Waals surface area contributed by atoms with E-state index in [2.05, 4.69) is 10.2 Å². The first-order valence-electron chi connectivity index (χ1n) is 14.0. The van der Waals surface area contributed by atoms with E-state index in [9.17, 15) is 9.59 Å². The second kappa shape index (κ2) is 11.7. The van der Waals surface area contributed by atoms with Gasteiger partial charge in [-0.1, -0.05) is 83.4 Å². The molecule has 0 saturated heterocycles. The number of hydrazone groups is 2. The van der Waals surface area contributed by atoms with Crippen molar-refractivity contribution in [3.8, 4) is 11.5 Å². The highest BCUT2D eigenvalue weighted by molar-refractivity contribution is 8.26. The van der Waals surface area contributed by atoms with E-state index < -0.39 is 0 Å². The Hall–Kier alpha value is -3.58. The molecule has 0 atom stereocenters. The van der Waals surface area contributed by atoms with Crippen LogP contribution in [-0.2, 0) is 9.59 Å². The van der Waals surface area contributed by atoms with Crippen molar-refractivity contribution < 1.29 is 19.1 Å². The minimum Gasteiger partial charge on any atom is -0.491 e. The monoisotopic (exact) mass is 658 g/mol. The third-order valence-corrected chi connectivity index (χ3v) is 12.2. The van der Waals surface area contributed by atoms with Gasteiger partial charge in [0.25, 0.3) is 11.8 Å². The van der Waals surface area contributed by atoms with Crippen LogP contribution in [0.15, 0.2) is 110 Å². The van der Waals surface area contributed by atoms with Crippen LogP contribution in [0.2, 0.25) is 0 Å². The lowest BCUT2D eigenvalue weighted by Crippen LogP contribution is -2.21. The SMILES string of the molecule is CCOc1c2c(c(OCC)c3c1SC(=C1C(=O)N(c4ccccc4)N=C1C)S3)SC(=C1C(=O)N(c3ccccc3)N=C1C)S2. The lowest BCUT2D eigenvalue weighted by molar-refractivity contribution is -0.115. The molecule has 7 rings (SSSR count). The zero-order valence-corrected chi connectivity index (χ0v) is 27.5. The Labute approximate surface area is 272 Å². The van der Waals surface area contributed by atoms with Crippen LogP contribution in [0.25, 0.3) is 0 Å². The lowest BCUT2D eigenvalue weighted by atomic mass is 10.2.